The molecule has 3 nitrogen and oxygen atoms in total. The molecule has 0 radical (unpaired) electrons. The molecule has 1 heterocycles. The van der Waals surface area contributed by atoms with Gasteiger partial charge in [0.05, 0.1) is 0 Å². The van der Waals surface area contributed by atoms with E-state index in [9.17, 15) is 0 Å². The van der Waals surface area contributed by atoms with Gasteiger partial charge in [-0.2, -0.15) is 0 Å². The second-order valence-corrected chi connectivity index (χ2v) is 13.7. The maximum Gasteiger partial charge on any atom is 0.165 e. The second-order valence-electron chi connectivity index (χ2n) is 13.7. The molecule has 242 valence electrons. The summed E-state index contributed by atoms with van der Waals surface area (Å²) in [5.74, 6) is 2.22. The molecular weight excluding hydrogens is 607 g/mol. The van der Waals surface area contributed by atoms with Crippen molar-refractivity contribution in [3.05, 3.63) is 180 Å². The number of rotatable bonds is 7. The average molecular weight is 646 g/mol. The topological polar surface area (TPSA) is 38.7 Å². The molecule has 0 aliphatic heterocycles. The Morgan fingerprint density at radius 2 is 1.12 bits per heavy atom. The minimum absolute atomic E-state index is 0.0426. The summed E-state index contributed by atoms with van der Waals surface area (Å²) in [4.78, 5) is 15.2. The molecule has 3 heteroatoms. The molecule has 1 aliphatic carbocycles. The highest BCUT2D eigenvalue weighted by atomic mass is 15.0. The Morgan fingerprint density at radius 1 is 0.540 bits per heavy atom. The van der Waals surface area contributed by atoms with Gasteiger partial charge in [-0.15, -0.1) is 0 Å². The van der Waals surface area contributed by atoms with Gasteiger partial charge in [0.1, 0.15) is 0 Å². The molecule has 0 saturated carbocycles. The van der Waals surface area contributed by atoms with E-state index in [4.69, 9.17) is 15.0 Å². The summed E-state index contributed by atoms with van der Waals surface area (Å²) in [5, 5.41) is 2.25. The summed E-state index contributed by atoms with van der Waals surface area (Å²) >= 11 is 0. The van der Waals surface area contributed by atoms with Crippen molar-refractivity contribution in [2.24, 2.45) is 0 Å². The van der Waals surface area contributed by atoms with Crippen LogP contribution in [-0.2, 0) is 5.41 Å². The number of hydrogen-bond acceptors (Lipinski definition) is 3. The number of nitrogens with zero attached hydrogens (tertiary/aromatic N) is 3. The molecule has 1 aliphatic rings. The van der Waals surface area contributed by atoms with Crippen LogP contribution in [0.25, 0.3) is 61.6 Å². The van der Waals surface area contributed by atoms with Crippen molar-refractivity contribution in [1.82, 2.24) is 15.0 Å². The quantitative estimate of drug-likeness (QED) is 0.173. The van der Waals surface area contributed by atoms with Gasteiger partial charge < -0.3 is 0 Å². The first-order valence-electron chi connectivity index (χ1n) is 17.4. The lowest BCUT2D eigenvalue weighted by atomic mass is 9.82. The average Bonchev–Trinajstić information content (AvgIpc) is 3.37. The van der Waals surface area contributed by atoms with Crippen molar-refractivity contribution in [2.75, 3.05) is 0 Å². The lowest BCUT2D eigenvalue weighted by Crippen LogP contribution is -2.15. The number of aromatic nitrogens is 3. The van der Waals surface area contributed by atoms with Crippen LogP contribution in [-0.4, -0.2) is 15.0 Å². The third kappa shape index (κ3) is 5.65. The molecule has 1 atom stereocenters. The molecule has 7 aromatic rings. The molecule has 6 aromatic carbocycles. The van der Waals surface area contributed by atoms with Crippen LogP contribution in [0.3, 0.4) is 0 Å². The number of hydrogen-bond donors (Lipinski definition) is 0. The molecular formula is C47H39N3. The van der Waals surface area contributed by atoms with E-state index in [1.807, 2.05) is 36.4 Å². The number of allylic oxidation sites excluding steroid dienone is 4. The van der Waals surface area contributed by atoms with E-state index in [2.05, 4.69) is 149 Å². The first kappa shape index (κ1) is 31.3. The van der Waals surface area contributed by atoms with Gasteiger partial charge in [0.25, 0.3) is 0 Å². The van der Waals surface area contributed by atoms with Crippen LogP contribution in [0.4, 0.5) is 0 Å². The first-order chi connectivity index (χ1) is 24.4. The molecule has 1 unspecified atom stereocenters. The van der Waals surface area contributed by atoms with E-state index in [1.165, 1.54) is 27.8 Å². The Morgan fingerprint density at radius 3 is 1.80 bits per heavy atom. The Bertz CT molecular complexity index is 2340. The molecule has 0 bridgehead atoms. The van der Waals surface area contributed by atoms with E-state index < -0.39 is 0 Å². The van der Waals surface area contributed by atoms with Gasteiger partial charge in [-0.1, -0.05) is 184 Å². The molecule has 0 fully saturated rings. The highest BCUT2D eigenvalue weighted by Gasteiger charge is 2.33. The highest BCUT2D eigenvalue weighted by Crippen LogP contribution is 2.46. The smallest absolute Gasteiger partial charge is 0.165 e. The predicted molar refractivity (Wildman–Crippen MR) is 209 cm³/mol. The van der Waals surface area contributed by atoms with E-state index >= 15 is 0 Å². The van der Waals surface area contributed by atoms with E-state index in [0.717, 1.165) is 38.6 Å². The third-order valence-electron chi connectivity index (χ3n) is 10.4. The van der Waals surface area contributed by atoms with Crippen LogP contribution in [0.5, 0.6) is 0 Å². The molecule has 0 amide bonds. The van der Waals surface area contributed by atoms with Gasteiger partial charge in [0.15, 0.2) is 17.5 Å². The van der Waals surface area contributed by atoms with Crippen LogP contribution >= 0.6 is 0 Å². The summed E-state index contributed by atoms with van der Waals surface area (Å²) in [7, 11) is 0. The lowest BCUT2D eigenvalue weighted by Gasteiger charge is -2.21. The van der Waals surface area contributed by atoms with Crippen LogP contribution in [0.1, 0.15) is 50.3 Å². The summed E-state index contributed by atoms with van der Waals surface area (Å²) in [6.45, 7) is 9.20. The fourth-order valence-electron chi connectivity index (χ4n) is 7.21. The number of benzene rings is 6. The molecule has 8 rings (SSSR count). The van der Waals surface area contributed by atoms with Gasteiger partial charge in [0, 0.05) is 22.1 Å². The maximum atomic E-state index is 5.14. The minimum atomic E-state index is 0.0426. The minimum Gasteiger partial charge on any atom is -0.208 e. The fraction of sp³-hybridized carbons (Fsp3) is 0.128. The standard InChI is InChI=1S/C47H39N3/c1-31(23-29-38-32(2)47(3,4)42-22-14-13-21-41(38)42)33-24-26-35(27-25-33)40-30-28-34-15-11-12-20-39(34)43(40)46-49-44(36-16-7-5-8-17-36)48-45(50-46)37-18-9-6-10-19-37/h5-31H,1-4H3/b29-23-. The van der Waals surface area contributed by atoms with E-state index in [-0.39, 0.29) is 11.3 Å². The Kier molecular flexibility index (Phi) is 8.05. The maximum absolute atomic E-state index is 5.14. The summed E-state index contributed by atoms with van der Waals surface area (Å²) < 4.78 is 0. The molecule has 0 N–H and O–H groups in total. The Labute approximate surface area is 294 Å². The zero-order valence-electron chi connectivity index (χ0n) is 28.9. The van der Waals surface area contributed by atoms with Crippen molar-refractivity contribution >= 4 is 16.3 Å². The van der Waals surface area contributed by atoms with Crippen molar-refractivity contribution < 1.29 is 0 Å². The van der Waals surface area contributed by atoms with Crippen molar-refractivity contribution in [2.45, 2.75) is 39.0 Å². The van der Waals surface area contributed by atoms with Crippen molar-refractivity contribution in [1.29, 1.82) is 0 Å². The second kappa shape index (κ2) is 12.8. The molecule has 1 aromatic heterocycles. The molecule has 50 heavy (non-hydrogen) atoms. The zero-order valence-corrected chi connectivity index (χ0v) is 28.9. The van der Waals surface area contributed by atoms with Crippen LogP contribution in [0.15, 0.2) is 163 Å². The van der Waals surface area contributed by atoms with Crippen LogP contribution in [0.2, 0.25) is 0 Å². The Hall–Kier alpha value is -5.93. The molecule has 0 saturated heterocycles. The van der Waals surface area contributed by atoms with Crippen molar-refractivity contribution in [3.63, 3.8) is 0 Å². The lowest BCUT2D eigenvalue weighted by molar-refractivity contribution is 0.639. The van der Waals surface area contributed by atoms with Gasteiger partial charge in [0.2, 0.25) is 0 Å². The van der Waals surface area contributed by atoms with Gasteiger partial charge in [-0.3, -0.25) is 0 Å². The molecule has 0 spiro atoms. The van der Waals surface area contributed by atoms with Gasteiger partial charge in [-0.25, -0.2) is 15.0 Å². The van der Waals surface area contributed by atoms with Gasteiger partial charge in [-0.05, 0) is 57.0 Å². The van der Waals surface area contributed by atoms with Gasteiger partial charge >= 0.3 is 0 Å². The normalized spacial score (nSPS) is 14.3. The largest absolute Gasteiger partial charge is 0.208 e. The van der Waals surface area contributed by atoms with Crippen LogP contribution in [0, 0.1) is 0 Å². The highest BCUT2D eigenvalue weighted by molar-refractivity contribution is 6.03. The summed E-state index contributed by atoms with van der Waals surface area (Å²) in [6, 6.07) is 51.0. The van der Waals surface area contributed by atoms with E-state index in [1.54, 1.807) is 0 Å². The number of fused-ring (bicyclic) bond motifs is 2. The fourth-order valence-corrected chi connectivity index (χ4v) is 7.21. The third-order valence-corrected chi connectivity index (χ3v) is 10.4. The zero-order chi connectivity index (χ0) is 34.2. The summed E-state index contributed by atoms with van der Waals surface area (Å²) in [6.07, 6.45) is 4.67. The SMILES string of the molecule is CC1=C(/C=C\C(C)c2ccc(-c3ccc4ccccc4c3-c3nc(-c4ccccc4)nc(-c4ccccc4)n3)cc2)c2ccccc2C1(C)C. The Balaban J connectivity index is 1.20. The van der Waals surface area contributed by atoms with Crippen molar-refractivity contribution in [3.8, 4) is 45.3 Å². The first-order valence-corrected chi connectivity index (χ1v) is 17.4. The van der Waals surface area contributed by atoms with Crippen LogP contribution < -0.4 is 0 Å². The summed E-state index contributed by atoms with van der Waals surface area (Å²) in [5.41, 5.74) is 12.0. The van der Waals surface area contributed by atoms with E-state index in [0.29, 0.717) is 17.5 Å². The predicted octanol–water partition coefficient (Wildman–Crippen LogP) is 12.1. The monoisotopic (exact) mass is 645 g/mol.